The number of piperidine rings is 1. The van der Waals surface area contributed by atoms with Gasteiger partial charge in [0.05, 0.1) is 11.9 Å². The zero-order valence-corrected chi connectivity index (χ0v) is 15.7. The number of likely N-dealkylation sites (tertiary alicyclic amines) is 1. The predicted molar refractivity (Wildman–Crippen MR) is 96.5 cm³/mol. The summed E-state index contributed by atoms with van der Waals surface area (Å²) >= 11 is 0. The first-order valence-electron chi connectivity index (χ1n) is 8.47. The first-order valence-corrected chi connectivity index (χ1v) is 10.3. The molecule has 140 valence electrons. The smallest absolute Gasteiger partial charge is 0.244 e. The monoisotopic (exact) mass is 371 g/mol. The molecule has 6 nitrogen and oxygen atoms in total. The number of rotatable bonds is 6. The summed E-state index contributed by atoms with van der Waals surface area (Å²) < 4.78 is 39.7. The van der Waals surface area contributed by atoms with Gasteiger partial charge in [0.2, 0.25) is 15.9 Å². The third kappa shape index (κ3) is 4.92. The van der Waals surface area contributed by atoms with Crippen LogP contribution in [0.1, 0.15) is 26.2 Å². The molecule has 1 heterocycles. The van der Waals surface area contributed by atoms with Crippen LogP contribution in [0, 0.1) is 5.82 Å². The highest BCUT2D eigenvalue weighted by molar-refractivity contribution is 7.92. The number of anilines is 1. The van der Waals surface area contributed by atoms with Gasteiger partial charge in [-0.3, -0.25) is 9.10 Å². The molecule has 1 fully saturated rings. The summed E-state index contributed by atoms with van der Waals surface area (Å²) in [5.74, 6) is -1.05. The standard InChI is InChI=1S/C17H26FN3O3S/c1-4-15(17(22)19-13-9-11-20(2)12-10-13)21(25(3,23)24)16-8-6-5-7-14(16)18/h5-8,13,15H,4,9-12H2,1-3H3,(H,19,22)/t15-/m0/s1. The number of carbonyl (C=O) groups excluding carboxylic acids is 1. The molecule has 25 heavy (non-hydrogen) atoms. The number of halogens is 1. The van der Waals surface area contributed by atoms with Crippen LogP contribution in [0.5, 0.6) is 0 Å². The maximum atomic E-state index is 14.2. The van der Waals surface area contributed by atoms with E-state index in [0.29, 0.717) is 0 Å². The third-order valence-corrected chi connectivity index (χ3v) is 5.65. The summed E-state index contributed by atoms with van der Waals surface area (Å²) in [6.45, 7) is 3.48. The molecule has 0 saturated carbocycles. The van der Waals surface area contributed by atoms with E-state index in [4.69, 9.17) is 0 Å². The normalized spacial score (nSPS) is 17.9. The number of para-hydroxylation sites is 1. The number of sulfonamides is 1. The van der Waals surface area contributed by atoms with E-state index in [9.17, 15) is 17.6 Å². The molecule has 0 bridgehead atoms. The number of hydrogen-bond donors (Lipinski definition) is 1. The van der Waals surface area contributed by atoms with Gasteiger partial charge >= 0.3 is 0 Å². The van der Waals surface area contributed by atoms with Crippen LogP contribution in [-0.4, -0.2) is 57.7 Å². The van der Waals surface area contributed by atoms with Crippen molar-refractivity contribution in [1.29, 1.82) is 0 Å². The van der Waals surface area contributed by atoms with E-state index in [0.717, 1.165) is 36.5 Å². The molecule has 1 saturated heterocycles. The second-order valence-corrected chi connectivity index (χ2v) is 8.38. The highest BCUT2D eigenvalue weighted by atomic mass is 32.2. The molecule has 1 aliphatic rings. The Kier molecular flexibility index (Phi) is 6.40. The van der Waals surface area contributed by atoms with Crippen LogP contribution in [0.2, 0.25) is 0 Å². The second-order valence-electron chi connectivity index (χ2n) is 6.52. The first-order chi connectivity index (χ1) is 11.7. The fourth-order valence-electron chi connectivity index (χ4n) is 3.12. The highest BCUT2D eigenvalue weighted by Crippen LogP contribution is 2.25. The SMILES string of the molecule is CC[C@@H](C(=O)NC1CCN(C)CC1)N(c1ccccc1F)S(C)(=O)=O. The molecule has 1 atom stereocenters. The highest BCUT2D eigenvalue weighted by Gasteiger charge is 2.34. The van der Waals surface area contributed by atoms with E-state index >= 15 is 0 Å². The van der Waals surface area contributed by atoms with Gasteiger partial charge in [-0.15, -0.1) is 0 Å². The van der Waals surface area contributed by atoms with Crippen LogP contribution in [0.3, 0.4) is 0 Å². The molecular weight excluding hydrogens is 345 g/mol. The van der Waals surface area contributed by atoms with Crippen molar-refractivity contribution >= 4 is 21.6 Å². The molecule has 0 spiro atoms. The average molecular weight is 371 g/mol. The first kappa shape index (κ1) is 19.7. The van der Waals surface area contributed by atoms with Gasteiger partial charge < -0.3 is 10.2 Å². The summed E-state index contributed by atoms with van der Waals surface area (Å²) in [6, 6.07) is 4.64. The third-order valence-electron chi connectivity index (χ3n) is 4.48. The van der Waals surface area contributed by atoms with Crippen LogP contribution in [0.15, 0.2) is 24.3 Å². The molecule has 0 aliphatic carbocycles. The van der Waals surface area contributed by atoms with Gasteiger partial charge in [-0.25, -0.2) is 12.8 Å². The summed E-state index contributed by atoms with van der Waals surface area (Å²) in [7, 11) is -1.80. The summed E-state index contributed by atoms with van der Waals surface area (Å²) in [6.07, 6.45) is 2.87. The molecular formula is C17H26FN3O3S. The van der Waals surface area contributed by atoms with Crippen LogP contribution in [-0.2, 0) is 14.8 Å². The molecule has 0 aromatic heterocycles. The lowest BCUT2D eigenvalue weighted by Crippen LogP contribution is -2.53. The van der Waals surface area contributed by atoms with Crippen molar-refractivity contribution < 1.29 is 17.6 Å². The van der Waals surface area contributed by atoms with Crippen molar-refractivity contribution in [3.63, 3.8) is 0 Å². The molecule has 8 heteroatoms. The van der Waals surface area contributed by atoms with Gasteiger partial charge in [0.25, 0.3) is 0 Å². The van der Waals surface area contributed by atoms with Crippen molar-refractivity contribution in [2.45, 2.75) is 38.3 Å². The van der Waals surface area contributed by atoms with Crippen molar-refractivity contribution in [2.24, 2.45) is 0 Å². The molecule has 1 amide bonds. The summed E-state index contributed by atoms with van der Waals surface area (Å²) in [4.78, 5) is 14.9. The van der Waals surface area contributed by atoms with E-state index < -0.39 is 21.9 Å². The minimum atomic E-state index is -3.82. The topological polar surface area (TPSA) is 69.7 Å². The molecule has 0 unspecified atom stereocenters. The average Bonchev–Trinajstić information content (AvgIpc) is 2.54. The lowest BCUT2D eigenvalue weighted by molar-refractivity contribution is -0.123. The Labute approximate surface area is 149 Å². The largest absolute Gasteiger partial charge is 0.351 e. The second kappa shape index (κ2) is 8.14. The van der Waals surface area contributed by atoms with Crippen molar-refractivity contribution in [3.8, 4) is 0 Å². The van der Waals surface area contributed by atoms with Crippen LogP contribution < -0.4 is 9.62 Å². The molecule has 1 aromatic rings. The minimum Gasteiger partial charge on any atom is -0.351 e. The lowest BCUT2D eigenvalue weighted by atomic mass is 10.0. The van der Waals surface area contributed by atoms with Crippen molar-refractivity contribution in [1.82, 2.24) is 10.2 Å². The van der Waals surface area contributed by atoms with E-state index in [1.54, 1.807) is 13.0 Å². The number of nitrogens with one attached hydrogen (secondary N) is 1. The molecule has 1 aliphatic heterocycles. The predicted octanol–water partition coefficient (Wildman–Crippen LogP) is 1.58. The number of benzene rings is 1. The van der Waals surface area contributed by atoms with E-state index in [2.05, 4.69) is 10.2 Å². The Balaban J connectivity index is 2.25. The van der Waals surface area contributed by atoms with Gasteiger partial charge in [0.15, 0.2) is 0 Å². The molecule has 2 rings (SSSR count). The maximum Gasteiger partial charge on any atom is 0.244 e. The summed E-state index contributed by atoms with van der Waals surface area (Å²) in [5.41, 5.74) is -0.102. The van der Waals surface area contributed by atoms with Gasteiger partial charge in [-0.05, 0) is 51.5 Å². The minimum absolute atomic E-state index is 0.0137. The van der Waals surface area contributed by atoms with Gasteiger partial charge in [0, 0.05) is 6.04 Å². The number of carbonyl (C=O) groups is 1. The van der Waals surface area contributed by atoms with Gasteiger partial charge in [-0.2, -0.15) is 0 Å². The Morgan fingerprint density at radius 3 is 2.48 bits per heavy atom. The van der Waals surface area contributed by atoms with Crippen LogP contribution in [0.25, 0.3) is 0 Å². The zero-order valence-electron chi connectivity index (χ0n) is 14.9. The molecule has 1 N–H and O–H groups in total. The van der Waals surface area contributed by atoms with E-state index in [1.165, 1.54) is 18.2 Å². The fourth-order valence-corrected chi connectivity index (χ4v) is 4.33. The van der Waals surface area contributed by atoms with Gasteiger partial charge in [0.1, 0.15) is 11.9 Å². The quantitative estimate of drug-likeness (QED) is 0.824. The van der Waals surface area contributed by atoms with Crippen LogP contribution in [0.4, 0.5) is 10.1 Å². The zero-order chi connectivity index (χ0) is 18.6. The fraction of sp³-hybridized carbons (Fsp3) is 0.588. The van der Waals surface area contributed by atoms with Gasteiger partial charge in [-0.1, -0.05) is 19.1 Å². The Bertz CT molecular complexity index is 703. The summed E-state index contributed by atoms with van der Waals surface area (Å²) in [5, 5.41) is 2.94. The maximum absolute atomic E-state index is 14.2. The Morgan fingerprint density at radius 1 is 1.36 bits per heavy atom. The Morgan fingerprint density at radius 2 is 1.96 bits per heavy atom. The Hall–Kier alpha value is -1.67. The number of amides is 1. The lowest BCUT2D eigenvalue weighted by Gasteiger charge is -2.34. The number of hydrogen-bond acceptors (Lipinski definition) is 4. The van der Waals surface area contributed by atoms with Crippen molar-refractivity contribution in [3.05, 3.63) is 30.1 Å². The molecule has 0 radical (unpaired) electrons. The number of nitrogens with zero attached hydrogens (tertiary/aromatic N) is 2. The van der Waals surface area contributed by atoms with Crippen LogP contribution >= 0.6 is 0 Å². The van der Waals surface area contributed by atoms with E-state index in [-0.39, 0.29) is 24.1 Å². The molecule has 1 aromatic carbocycles. The van der Waals surface area contributed by atoms with E-state index in [1.807, 2.05) is 7.05 Å². The van der Waals surface area contributed by atoms with Crippen molar-refractivity contribution in [2.75, 3.05) is 30.7 Å².